The lowest BCUT2D eigenvalue weighted by molar-refractivity contribution is -0.125. The molecule has 0 saturated carbocycles. The van der Waals surface area contributed by atoms with Crippen molar-refractivity contribution in [3.63, 3.8) is 0 Å². The van der Waals surface area contributed by atoms with Crippen molar-refractivity contribution in [3.05, 3.63) is 52.2 Å². The average molecular weight is 388 g/mol. The Balaban J connectivity index is 2.09. The van der Waals surface area contributed by atoms with E-state index in [0.29, 0.717) is 24.2 Å². The van der Waals surface area contributed by atoms with Crippen LogP contribution in [0.1, 0.15) is 42.4 Å². The van der Waals surface area contributed by atoms with Gasteiger partial charge in [0, 0.05) is 11.8 Å². The fourth-order valence-electron chi connectivity index (χ4n) is 2.63. The zero-order chi connectivity index (χ0) is 19.8. The molecule has 6 nitrogen and oxygen atoms in total. The molecule has 0 bridgehead atoms. The Labute approximate surface area is 163 Å². The van der Waals surface area contributed by atoms with Crippen molar-refractivity contribution in [2.24, 2.45) is 5.92 Å². The summed E-state index contributed by atoms with van der Waals surface area (Å²) in [5, 5.41) is 10.3. The third-order valence-corrected chi connectivity index (χ3v) is 4.71. The number of rotatable bonds is 8. The lowest BCUT2D eigenvalue weighted by Gasteiger charge is -2.20. The summed E-state index contributed by atoms with van der Waals surface area (Å²) in [6.45, 7) is 5.77. The second kappa shape index (κ2) is 9.87. The first-order valence-corrected chi connectivity index (χ1v) is 9.72. The summed E-state index contributed by atoms with van der Waals surface area (Å²) in [4.78, 5) is 37.6. The molecule has 0 aliphatic heterocycles. The maximum Gasteiger partial charge on any atom is 0.253 e. The minimum atomic E-state index is -0.648. The van der Waals surface area contributed by atoms with Gasteiger partial charge in [0.05, 0.1) is 17.8 Å². The first-order valence-electron chi connectivity index (χ1n) is 8.84. The molecule has 0 unspecified atom stereocenters. The molecule has 7 heteroatoms. The topological polar surface area (TPSA) is 87.3 Å². The Hall–Kier alpha value is -2.67. The summed E-state index contributed by atoms with van der Waals surface area (Å²) in [5.41, 5.74) is 0.804. The van der Waals surface area contributed by atoms with Crippen molar-refractivity contribution in [1.29, 1.82) is 0 Å². The molecule has 1 aromatic heterocycles. The molecule has 27 heavy (non-hydrogen) atoms. The number of thiophene rings is 1. The highest BCUT2D eigenvalue weighted by Gasteiger charge is 2.22. The van der Waals surface area contributed by atoms with E-state index in [2.05, 4.69) is 16.0 Å². The third-order valence-electron chi connectivity index (χ3n) is 3.83. The van der Waals surface area contributed by atoms with Crippen molar-refractivity contribution >= 4 is 34.7 Å². The van der Waals surface area contributed by atoms with Crippen LogP contribution < -0.4 is 16.0 Å². The molecule has 0 aliphatic rings. The van der Waals surface area contributed by atoms with Gasteiger partial charge in [-0.15, -0.1) is 11.3 Å². The summed E-state index contributed by atoms with van der Waals surface area (Å²) < 4.78 is 0. The fraction of sp³-hybridized carbons (Fsp3) is 0.350. The van der Waals surface area contributed by atoms with Gasteiger partial charge in [-0.05, 0) is 35.9 Å². The molecule has 0 saturated heterocycles. The first-order chi connectivity index (χ1) is 12.9. The number of hydrogen-bond donors (Lipinski definition) is 3. The second-order valence-electron chi connectivity index (χ2n) is 6.68. The van der Waals surface area contributed by atoms with Crippen molar-refractivity contribution in [2.75, 3.05) is 5.32 Å². The number of carbonyl (C=O) groups is 3. The van der Waals surface area contributed by atoms with Crippen LogP contribution in [0.4, 0.5) is 5.69 Å². The smallest absolute Gasteiger partial charge is 0.253 e. The minimum absolute atomic E-state index is 0.233. The Kier molecular flexibility index (Phi) is 7.55. The molecular weight excluding hydrogens is 362 g/mol. The van der Waals surface area contributed by atoms with Gasteiger partial charge in [0.1, 0.15) is 6.04 Å². The molecule has 1 atom stereocenters. The fourth-order valence-corrected chi connectivity index (χ4v) is 3.28. The van der Waals surface area contributed by atoms with Gasteiger partial charge in [0.15, 0.2) is 0 Å². The van der Waals surface area contributed by atoms with E-state index in [0.717, 1.165) is 4.88 Å². The van der Waals surface area contributed by atoms with E-state index < -0.39 is 6.04 Å². The highest BCUT2D eigenvalue weighted by molar-refractivity contribution is 7.09. The van der Waals surface area contributed by atoms with Gasteiger partial charge >= 0.3 is 0 Å². The molecule has 0 spiro atoms. The quantitative estimate of drug-likeness (QED) is 0.650. The Morgan fingerprint density at radius 2 is 1.81 bits per heavy atom. The van der Waals surface area contributed by atoms with Crippen molar-refractivity contribution in [2.45, 2.75) is 39.8 Å². The van der Waals surface area contributed by atoms with Gasteiger partial charge in [-0.3, -0.25) is 14.4 Å². The predicted molar refractivity (Wildman–Crippen MR) is 108 cm³/mol. The highest BCUT2D eigenvalue weighted by atomic mass is 32.1. The maximum absolute atomic E-state index is 12.6. The normalized spacial score (nSPS) is 11.7. The molecule has 0 radical (unpaired) electrons. The van der Waals surface area contributed by atoms with Gasteiger partial charge in [0.2, 0.25) is 11.8 Å². The van der Waals surface area contributed by atoms with Gasteiger partial charge < -0.3 is 16.0 Å². The second-order valence-corrected chi connectivity index (χ2v) is 7.71. The first kappa shape index (κ1) is 20.6. The Morgan fingerprint density at radius 1 is 1.07 bits per heavy atom. The largest absolute Gasteiger partial charge is 0.347 e. The van der Waals surface area contributed by atoms with Crippen LogP contribution in [0.5, 0.6) is 0 Å². The summed E-state index contributed by atoms with van der Waals surface area (Å²) in [7, 11) is 0. The number of benzene rings is 1. The van der Waals surface area contributed by atoms with E-state index >= 15 is 0 Å². The van der Waals surface area contributed by atoms with Crippen LogP contribution in [0.15, 0.2) is 41.8 Å². The van der Waals surface area contributed by atoms with Crippen molar-refractivity contribution < 1.29 is 14.4 Å². The number of carbonyl (C=O) groups excluding carboxylic acids is 3. The van der Waals surface area contributed by atoms with Crippen LogP contribution in [-0.2, 0) is 16.1 Å². The molecule has 2 aromatic rings. The van der Waals surface area contributed by atoms with Crippen LogP contribution >= 0.6 is 11.3 Å². The molecule has 3 amide bonds. The number of anilines is 1. The zero-order valence-corrected chi connectivity index (χ0v) is 16.6. The molecule has 0 fully saturated rings. The number of nitrogens with one attached hydrogen (secondary N) is 3. The van der Waals surface area contributed by atoms with Gasteiger partial charge in [-0.25, -0.2) is 0 Å². The van der Waals surface area contributed by atoms with Crippen LogP contribution in [0.3, 0.4) is 0 Å². The summed E-state index contributed by atoms with van der Waals surface area (Å²) >= 11 is 1.57. The molecule has 0 aliphatic carbocycles. The average Bonchev–Trinajstić information content (AvgIpc) is 3.12. The molecule has 1 aromatic carbocycles. The lowest BCUT2D eigenvalue weighted by atomic mass is 10.0. The van der Waals surface area contributed by atoms with Crippen LogP contribution in [0, 0.1) is 5.92 Å². The van der Waals surface area contributed by atoms with Gasteiger partial charge in [0.25, 0.3) is 5.91 Å². The van der Waals surface area contributed by atoms with E-state index in [1.165, 1.54) is 6.92 Å². The molecule has 144 valence electrons. The summed E-state index contributed by atoms with van der Waals surface area (Å²) in [6.07, 6.45) is 0.512. The minimum Gasteiger partial charge on any atom is -0.347 e. The summed E-state index contributed by atoms with van der Waals surface area (Å²) in [5.74, 6) is -0.633. The zero-order valence-electron chi connectivity index (χ0n) is 15.7. The maximum atomic E-state index is 12.6. The Bertz CT molecular complexity index is 788. The van der Waals surface area contributed by atoms with E-state index in [1.54, 1.807) is 35.6 Å². The third kappa shape index (κ3) is 6.53. The SMILES string of the molecule is CC(=O)N[C@@H](CC(C)C)C(=O)Nc1ccccc1C(=O)NCc1cccs1. The highest BCUT2D eigenvalue weighted by Crippen LogP contribution is 2.17. The monoisotopic (exact) mass is 387 g/mol. The van der Waals surface area contributed by atoms with Crippen LogP contribution in [0.25, 0.3) is 0 Å². The molecular formula is C20H25N3O3S. The van der Waals surface area contributed by atoms with E-state index in [4.69, 9.17) is 0 Å². The molecule has 2 rings (SSSR count). The van der Waals surface area contributed by atoms with Gasteiger partial charge in [-0.2, -0.15) is 0 Å². The predicted octanol–water partition coefficient (Wildman–Crippen LogP) is 3.17. The molecule has 1 heterocycles. The number of para-hydroxylation sites is 1. The number of hydrogen-bond acceptors (Lipinski definition) is 4. The van der Waals surface area contributed by atoms with Gasteiger partial charge in [-0.1, -0.05) is 32.0 Å². The van der Waals surface area contributed by atoms with E-state index in [1.807, 2.05) is 31.4 Å². The Morgan fingerprint density at radius 3 is 2.44 bits per heavy atom. The van der Waals surface area contributed by atoms with Crippen LogP contribution in [0.2, 0.25) is 0 Å². The summed E-state index contributed by atoms with van der Waals surface area (Å²) in [6, 6.07) is 10.1. The van der Waals surface area contributed by atoms with Crippen molar-refractivity contribution in [1.82, 2.24) is 10.6 Å². The van der Waals surface area contributed by atoms with E-state index in [-0.39, 0.29) is 23.6 Å². The standard InChI is InChI=1S/C20H25N3O3S/c1-13(2)11-18(22-14(3)24)20(26)23-17-9-5-4-8-16(17)19(25)21-12-15-7-6-10-27-15/h4-10,13,18H,11-12H2,1-3H3,(H,21,25)(H,22,24)(H,23,26)/t18-/m0/s1. The van der Waals surface area contributed by atoms with Crippen molar-refractivity contribution in [3.8, 4) is 0 Å². The van der Waals surface area contributed by atoms with E-state index in [9.17, 15) is 14.4 Å². The lowest BCUT2D eigenvalue weighted by Crippen LogP contribution is -2.44. The molecule has 3 N–H and O–H groups in total. The number of amides is 3. The van der Waals surface area contributed by atoms with Crippen LogP contribution in [-0.4, -0.2) is 23.8 Å².